The van der Waals surface area contributed by atoms with E-state index < -0.39 is 0 Å². The Morgan fingerprint density at radius 2 is 1.79 bits per heavy atom. The summed E-state index contributed by atoms with van der Waals surface area (Å²) < 4.78 is 0. The van der Waals surface area contributed by atoms with Gasteiger partial charge in [0.05, 0.1) is 17.9 Å². The van der Waals surface area contributed by atoms with Gasteiger partial charge < -0.3 is 5.32 Å². The third-order valence-electron chi connectivity index (χ3n) is 4.91. The molecule has 0 bridgehead atoms. The largest absolute Gasteiger partial charge is 0.302 e. The number of benzene rings is 3. The van der Waals surface area contributed by atoms with Crippen LogP contribution in [0.25, 0.3) is 0 Å². The van der Waals surface area contributed by atoms with Gasteiger partial charge in [-0.1, -0.05) is 47.6 Å². The van der Waals surface area contributed by atoms with Crippen LogP contribution in [0.15, 0.2) is 81.4 Å². The average molecular weight is 441 g/mol. The van der Waals surface area contributed by atoms with E-state index in [2.05, 4.69) is 36.5 Å². The number of anilines is 2. The van der Waals surface area contributed by atoms with Crippen LogP contribution in [0.1, 0.15) is 18.5 Å². The van der Waals surface area contributed by atoms with Crippen LogP contribution in [0.2, 0.25) is 5.02 Å². The van der Waals surface area contributed by atoms with E-state index in [9.17, 15) is 4.79 Å². The van der Waals surface area contributed by atoms with Gasteiger partial charge in [-0.25, -0.2) is 0 Å². The molecule has 148 valence electrons. The highest BCUT2D eigenvalue weighted by atomic mass is 35.5. The summed E-state index contributed by atoms with van der Waals surface area (Å²) in [5, 5.41) is 4.07. The van der Waals surface area contributed by atoms with Gasteiger partial charge in [-0.05, 0) is 61.2 Å². The molecule has 1 N–H and O–H groups in total. The van der Waals surface area contributed by atoms with Crippen LogP contribution in [0.4, 0.5) is 11.4 Å². The molecule has 6 heteroatoms. The van der Waals surface area contributed by atoms with E-state index >= 15 is 0 Å². The third-order valence-corrected chi connectivity index (χ3v) is 7.02. The quantitative estimate of drug-likeness (QED) is 0.456. The zero-order valence-electron chi connectivity index (χ0n) is 16.2. The molecule has 0 saturated heterocycles. The number of amides is 1. The normalized spacial score (nSPS) is 13.6. The topological polar surface area (TPSA) is 32.3 Å². The van der Waals surface area contributed by atoms with Crippen LogP contribution < -0.4 is 10.2 Å². The Morgan fingerprint density at radius 3 is 2.55 bits per heavy atom. The van der Waals surface area contributed by atoms with E-state index in [0.29, 0.717) is 5.02 Å². The lowest BCUT2D eigenvalue weighted by molar-refractivity contribution is -0.117. The molecule has 3 aromatic carbocycles. The number of hydrogen-bond donors (Lipinski definition) is 1. The number of nitrogens with zero attached hydrogens (tertiary/aromatic N) is 1. The smallest absolute Gasteiger partial charge is 0.245 e. The van der Waals surface area contributed by atoms with E-state index in [4.69, 9.17) is 11.6 Å². The maximum absolute atomic E-state index is 13.3. The molecule has 29 heavy (non-hydrogen) atoms. The van der Waals surface area contributed by atoms with Crippen molar-refractivity contribution in [2.45, 2.75) is 27.7 Å². The summed E-state index contributed by atoms with van der Waals surface area (Å²) in [6.07, 6.45) is 2.05. The van der Waals surface area contributed by atoms with E-state index in [1.54, 1.807) is 23.5 Å². The molecule has 0 unspecified atom stereocenters. The van der Waals surface area contributed by atoms with Crippen LogP contribution in [-0.2, 0) is 4.79 Å². The molecule has 3 aromatic rings. The van der Waals surface area contributed by atoms with Gasteiger partial charge in [-0.2, -0.15) is 0 Å². The van der Waals surface area contributed by atoms with E-state index in [1.807, 2.05) is 53.6 Å². The first-order chi connectivity index (χ1) is 14.1. The summed E-state index contributed by atoms with van der Waals surface area (Å²) in [6, 6.07) is 22.1. The molecule has 0 aromatic heterocycles. The van der Waals surface area contributed by atoms with Crippen molar-refractivity contribution in [1.82, 2.24) is 5.32 Å². The van der Waals surface area contributed by atoms with Crippen molar-refractivity contribution < 1.29 is 4.79 Å². The fraction of sp³-hybridized carbons (Fsp3) is 0.174. The molecule has 0 spiro atoms. The van der Waals surface area contributed by atoms with Gasteiger partial charge in [0.1, 0.15) is 0 Å². The molecule has 1 amide bonds. The first-order valence-corrected chi connectivity index (χ1v) is 11.8. The van der Waals surface area contributed by atoms with E-state index in [-0.39, 0.29) is 18.5 Å². The highest BCUT2D eigenvalue weighted by Crippen LogP contribution is 2.48. The molecule has 0 aliphatic carbocycles. The van der Waals surface area contributed by atoms with E-state index in [0.717, 1.165) is 31.6 Å². The molecule has 1 heterocycles. The SMILES string of the molecule is CSc1ccc2c(c1)N(C(=O)CN[C@H](C)c1ccc(Cl)cc1)c1ccccc1S2. The molecule has 1 atom stereocenters. The van der Waals surface area contributed by atoms with Crippen molar-refractivity contribution in [3.8, 4) is 0 Å². The summed E-state index contributed by atoms with van der Waals surface area (Å²) in [4.78, 5) is 18.5. The van der Waals surface area contributed by atoms with Crippen LogP contribution in [-0.4, -0.2) is 18.7 Å². The first-order valence-electron chi connectivity index (χ1n) is 9.33. The Morgan fingerprint density at radius 1 is 1.07 bits per heavy atom. The van der Waals surface area contributed by atoms with Crippen molar-refractivity contribution in [3.63, 3.8) is 0 Å². The van der Waals surface area contributed by atoms with Crippen LogP contribution in [0, 0.1) is 0 Å². The number of hydrogen-bond acceptors (Lipinski definition) is 4. The zero-order valence-corrected chi connectivity index (χ0v) is 18.6. The lowest BCUT2D eigenvalue weighted by atomic mass is 10.1. The maximum Gasteiger partial charge on any atom is 0.245 e. The minimum atomic E-state index is 0.0260. The number of halogens is 1. The summed E-state index contributed by atoms with van der Waals surface area (Å²) in [7, 11) is 0. The second kappa shape index (κ2) is 8.84. The molecule has 3 nitrogen and oxygen atoms in total. The zero-order chi connectivity index (χ0) is 20.4. The standard InChI is InChI=1S/C23H21ClN2OS2/c1-15(16-7-9-17(24)10-8-16)25-14-23(27)26-19-5-3-4-6-21(19)29-22-12-11-18(28-2)13-20(22)26/h3-13,15,25H,14H2,1-2H3/t15-/m1/s1. The van der Waals surface area contributed by atoms with Gasteiger partial charge in [-0.3, -0.25) is 9.69 Å². The Labute approximate surface area is 184 Å². The Balaban J connectivity index is 1.59. The van der Waals surface area contributed by atoms with Crippen LogP contribution in [0.3, 0.4) is 0 Å². The summed E-state index contributed by atoms with van der Waals surface area (Å²) in [6.45, 7) is 2.29. The lowest BCUT2D eigenvalue weighted by Gasteiger charge is -2.32. The number of rotatable bonds is 5. The van der Waals surface area contributed by atoms with Gasteiger partial charge in [0, 0.05) is 25.8 Å². The lowest BCUT2D eigenvalue weighted by Crippen LogP contribution is -2.37. The molecular weight excluding hydrogens is 420 g/mol. The number of carbonyl (C=O) groups excluding carboxylic acids is 1. The molecule has 1 aliphatic heterocycles. The highest BCUT2D eigenvalue weighted by molar-refractivity contribution is 8.00. The van der Waals surface area contributed by atoms with Gasteiger partial charge in [0.15, 0.2) is 0 Å². The van der Waals surface area contributed by atoms with Gasteiger partial charge >= 0.3 is 0 Å². The molecular formula is C23H21ClN2OS2. The average Bonchev–Trinajstić information content (AvgIpc) is 2.75. The van der Waals surface area contributed by atoms with Gasteiger partial charge in [0.25, 0.3) is 0 Å². The predicted molar refractivity (Wildman–Crippen MR) is 124 cm³/mol. The second-order valence-electron chi connectivity index (χ2n) is 6.79. The van der Waals surface area contributed by atoms with Crippen molar-refractivity contribution in [2.75, 3.05) is 17.7 Å². The van der Waals surface area contributed by atoms with Crippen molar-refractivity contribution in [1.29, 1.82) is 0 Å². The number of para-hydroxylation sites is 1. The predicted octanol–water partition coefficient (Wildman–Crippen LogP) is 6.54. The fourth-order valence-electron chi connectivity index (χ4n) is 3.32. The molecule has 4 rings (SSSR count). The van der Waals surface area contributed by atoms with Crippen LogP contribution >= 0.6 is 35.1 Å². The van der Waals surface area contributed by atoms with Gasteiger partial charge in [-0.15, -0.1) is 11.8 Å². The minimum absolute atomic E-state index is 0.0260. The minimum Gasteiger partial charge on any atom is -0.302 e. The van der Waals surface area contributed by atoms with Crippen molar-refractivity contribution >= 4 is 52.4 Å². The number of fused-ring (bicyclic) bond motifs is 2. The molecule has 0 saturated carbocycles. The third kappa shape index (κ3) is 4.33. The number of thioether (sulfide) groups is 1. The molecule has 0 fully saturated rings. The Hall–Kier alpha value is -1.92. The fourth-order valence-corrected chi connectivity index (χ4v) is 4.92. The number of nitrogens with one attached hydrogen (secondary N) is 1. The van der Waals surface area contributed by atoms with E-state index in [1.165, 1.54) is 0 Å². The molecule has 0 radical (unpaired) electrons. The molecule has 1 aliphatic rings. The van der Waals surface area contributed by atoms with Gasteiger partial charge in [0.2, 0.25) is 5.91 Å². The summed E-state index contributed by atoms with van der Waals surface area (Å²) in [5.41, 5.74) is 2.99. The number of carbonyl (C=O) groups is 1. The first kappa shape index (κ1) is 20.4. The summed E-state index contributed by atoms with van der Waals surface area (Å²) >= 11 is 9.37. The van der Waals surface area contributed by atoms with Crippen LogP contribution in [0.5, 0.6) is 0 Å². The monoisotopic (exact) mass is 440 g/mol. The summed E-state index contributed by atoms with van der Waals surface area (Å²) in [5.74, 6) is 0.0260. The van der Waals surface area contributed by atoms with Crippen molar-refractivity contribution in [3.05, 3.63) is 77.3 Å². The highest BCUT2D eigenvalue weighted by Gasteiger charge is 2.28. The Bertz CT molecular complexity index is 1040. The van der Waals surface area contributed by atoms with Crippen molar-refractivity contribution in [2.24, 2.45) is 0 Å². The second-order valence-corrected chi connectivity index (χ2v) is 9.19. The maximum atomic E-state index is 13.3. The Kier molecular flexibility index (Phi) is 6.20.